The largest absolute Gasteiger partial charge is 0.384 e. The molecule has 0 aliphatic heterocycles. The van der Waals surface area contributed by atoms with Crippen molar-refractivity contribution < 1.29 is 0 Å². The Labute approximate surface area is 108 Å². The Bertz CT molecular complexity index is 587. The Hall–Kier alpha value is -1.57. The highest BCUT2D eigenvalue weighted by Crippen LogP contribution is 2.34. The zero-order valence-electron chi connectivity index (χ0n) is 11.2. The maximum atomic E-state index is 4.88. The van der Waals surface area contributed by atoms with Crippen molar-refractivity contribution >= 4 is 16.6 Å². The van der Waals surface area contributed by atoms with E-state index in [2.05, 4.69) is 37.4 Å². The number of pyridine rings is 1. The molecule has 0 spiro atoms. The van der Waals surface area contributed by atoms with Gasteiger partial charge >= 0.3 is 0 Å². The first-order valence-corrected chi connectivity index (χ1v) is 6.96. The van der Waals surface area contributed by atoms with E-state index >= 15 is 0 Å². The average molecular weight is 240 g/mol. The summed E-state index contributed by atoms with van der Waals surface area (Å²) in [6, 6.07) is 6.49. The Morgan fingerprint density at radius 3 is 3.00 bits per heavy atom. The highest BCUT2D eigenvalue weighted by Gasteiger charge is 2.19. The molecule has 18 heavy (non-hydrogen) atoms. The minimum absolute atomic E-state index is 1.04. The molecule has 3 rings (SSSR count). The van der Waals surface area contributed by atoms with Gasteiger partial charge in [-0.25, -0.2) is 0 Å². The summed E-state index contributed by atoms with van der Waals surface area (Å²) in [6.45, 7) is 5.40. The molecular weight excluding hydrogens is 220 g/mol. The normalized spacial score (nSPS) is 13.9. The van der Waals surface area contributed by atoms with Crippen molar-refractivity contribution in [3.05, 3.63) is 35.0 Å². The molecule has 1 aromatic carbocycles. The van der Waals surface area contributed by atoms with E-state index in [1.54, 1.807) is 0 Å². The topological polar surface area (TPSA) is 24.9 Å². The fourth-order valence-electron chi connectivity index (χ4n) is 2.88. The van der Waals surface area contributed by atoms with E-state index in [1.807, 2.05) is 0 Å². The van der Waals surface area contributed by atoms with Crippen LogP contribution >= 0.6 is 0 Å². The molecular formula is C16H20N2. The second kappa shape index (κ2) is 4.60. The molecule has 2 aromatic rings. The number of para-hydroxylation sites is 1. The maximum absolute atomic E-state index is 4.88. The predicted molar refractivity (Wildman–Crippen MR) is 77.3 cm³/mol. The Balaban J connectivity index is 2.25. The van der Waals surface area contributed by atoms with Gasteiger partial charge in [-0.3, -0.25) is 4.98 Å². The Morgan fingerprint density at radius 2 is 2.17 bits per heavy atom. The van der Waals surface area contributed by atoms with Gasteiger partial charge < -0.3 is 5.32 Å². The summed E-state index contributed by atoms with van der Waals surface area (Å²) in [6.07, 6.45) is 4.72. The summed E-state index contributed by atoms with van der Waals surface area (Å²) in [5.74, 6) is 0. The number of hydrogen-bond donors (Lipinski definition) is 1. The van der Waals surface area contributed by atoms with Crippen molar-refractivity contribution in [1.29, 1.82) is 0 Å². The molecule has 94 valence electrons. The SMILES string of the molecule is CCCNc1c2c(nc3c(C)cccc13)CCC2. The zero-order valence-corrected chi connectivity index (χ0v) is 11.2. The molecule has 0 radical (unpaired) electrons. The average Bonchev–Trinajstić information content (AvgIpc) is 2.83. The maximum Gasteiger partial charge on any atom is 0.0755 e. The van der Waals surface area contributed by atoms with Crippen LogP contribution in [-0.2, 0) is 12.8 Å². The molecule has 2 nitrogen and oxygen atoms in total. The standard InChI is InChI=1S/C16H20N2/c1-3-10-17-16-12-7-5-9-14(12)18-15-11(2)6-4-8-13(15)16/h4,6,8H,3,5,7,9-10H2,1-2H3,(H,17,18). The van der Waals surface area contributed by atoms with Crippen LogP contribution in [0.15, 0.2) is 18.2 Å². The Morgan fingerprint density at radius 1 is 1.28 bits per heavy atom. The molecule has 1 N–H and O–H groups in total. The number of aromatic nitrogens is 1. The van der Waals surface area contributed by atoms with Crippen LogP contribution in [0.25, 0.3) is 10.9 Å². The number of anilines is 1. The summed E-state index contributed by atoms with van der Waals surface area (Å²) in [7, 11) is 0. The van der Waals surface area contributed by atoms with E-state index in [-0.39, 0.29) is 0 Å². The predicted octanol–water partition coefficient (Wildman–Crippen LogP) is 3.85. The van der Waals surface area contributed by atoms with E-state index < -0.39 is 0 Å². The van der Waals surface area contributed by atoms with Crippen LogP contribution in [0.2, 0.25) is 0 Å². The van der Waals surface area contributed by atoms with E-state index in [1.165, 1.54) is 46.3 Å². The van der Waals surface area contributed by atoms with Crippen LogP contribution in [0, 0.1) is 6.92 Å². The summed E-state index contributed by atoms with van der Waals surface area (Å²) < 4.78 is 0. The molecule has 0 saturated carbocycles. The van der Waals surface area contributed by atoms with Crippen molar-refractivity contribution in [2.75, 3.05) is 11.9 Å². The number of aryl methyl sites for hydroxylation is 2. The van der Waals surface area contributed by atoms with Crippen LogP contribution in [0.3, 0.4) is 0 Å². The third kappa shape index (κ3) is 1.76. The van der Waals surface area contributed by atoms with Gasteiger partial charge in [-0.2, -0.15) is 0 Å². The highest BCUT2D eigenvalue weighted by molar-refractivity contribution is 5.95. The lowest BCUT2D eigenvalue weighted by atomic mass is 10.0. The summed E-state index contributed by atoms with van der Waals surface area (Å²) in [4.78, 5) is 4.88. The van der Waals surface area contributed by atoms with E-state index in [0.29, 0.717) is 0 Å². The van der Waals surface area contributed by atoms with Crippen molar-refractivity contribution in [2.45, 2.75) is 39.5 Å². The third-order valence-corrected chi connectivity index (χ3v) is 3.80. The molecule has 1 aliphatic rings. The van der Waals surface area contributed by atoms with Crippen molar-refractivity contribution in [3.8, 4) is 0 Å². The van der Waals surface area contributed by atoms with E-state index in [0.717, 1.165) is 19.4 Å². The molecule has 0 unspecified atom stereocenters. The second-order valence-corrected chi connectivity index (χ2v) is 5.16. The van der Waals surface area contributed by atoms with Gasteiger partial charge in [0.1, 0.15) is 0 Å². The summed E-state index contributed by atoms with van der Waals surface area (Å²) >= 11 is 0. The first-order chi connectivity index (χ1) is 8.81. The fourth-order valence-corrected chi connectivity index (χ4v) is 2.88. The van der Waals surface area contributed by atoms with Crippen LogP contribution < -0.4 is 5.32 Å². The number of nitrogens with one attached hydrogen (secondary N) is 1. The smallest absolute Gasteiger partial charge is 0.0755 e. The number of hydrogen-bond acceptors (Lipinski definition) is 2. The lowest BCUT2D eigenvalue weighted by Gasteiger charge is -2.15. The summed E-state index contributed by atoms with van der Waals surface area (Å²) in [5.41, 5.74) is 6.58. The summed E-state index contributed by atoms with van der Waals surface area (Å²) in [5, 5.41) is 4.92. The molecule has 1 heterocycles. The van der Waals surface area contributed by atoms with Gasteiger partial charge in [0.25, 0.3) is 0 Å². The van der Waals surface area contributed by atoms with Gasteiger partial charge in [-0.1, -0.05) is 25.1 Å². The van der Waals surface area contributed by atoms with Crippen LogP contribution in [-0.4, -0.2) is 11.5 Å². The molecule has 1 aromatic heterocycles. The number of benzene rings is 1. The minimum atomic E-state index is 1.04. The van der Waals surface area contributed by atoms with E-state index in [4.69, 9.17) is 4.98 Å². The first-order valence-electron chi connectivity index (χ1n) is 6.96. The molecule has 0 amide bonds. The van der Waals surface area contributed by atoms with Gasteiger partial charge in [0.15, 0.2) is 0 Å². The second-order valence-electron chi connectivity index (χ2n) is 5.16. The van der Waals surface area contributed by atoms with E-state index in [9.17, 15) is 0 Å². The number of rotatable bonds is 3. The van der Waals surface area contributed by atoms with Gasteiger partial charge in [-0.15, -0.1) is 0 Å². The third-order valence-electron chi connectivity index (χ3n) is 3.80. The van der Waals surface area contributed by atoms with Crippen molar-refractivity contribution in [3.63, 3.8) is 0 Å². The minimum Gasteiger partial charge on any atom is -0.384 e. The quantitative estimate of drug-likeness (QED) is 0.881. The van der Waals surface area contributed by atoms with Gasteiger partial charge in [0.2, 0.25) is 0 Å². The Kier molecular flexibility index (Phi) is 2.94. The molecule has 0 bridgehead atoms. The molecule has 0 atom stereocenters. The van der Waals surface area contributed by atoms with Crippen LogP contribution in [0.5, 0.6) is 0 Å². The number of fused-ring (bicyclic) bond motifs is 2. The van der Waals surface area contributed by atoms with Gasteiger partial charge in [0.05, 0.1) is 5.52 Å². The van der Waals surface area contributed by atoms with Gasteiger partial charge in [0, 0.05) is 23.3 Å². The lowest BCUT2D eigenvalue weighted by Crippen LogP contribution is -2.05. The monoisotopic (exact) mass is 240 g/mol. The molecule has 0 fully saturated rings. The number of nitrogens with zero attached hydrogens (tertiary/aromatic N) is 1. The molecule has 1 aliphatic carbocycles. The lowest BCUT2D eigenvalue weighted by molar-refractivity contribution is 0.900. The van der Waals surface area contributed by atoms with Crippen molar-refractivity contribution in [2.24, 2.45) is 0 Å². The zero-order chi connectivity index (χ0) is 12.5. The molecule has 0 saturated heterocycles. The van der Waals surface area contributed by atoms with Crippen LogP contribution in [0.4, 0.5) is 5.69 Å². The van der Waals surface area contributed by atoms with Crippen molar-refractivity contribution in [1.82, 2.24) is 4.98 Å². The first kappa shape index (κ1) is 11.5. The van der Waals surface area contributed by atoms with Crippen LogP contribution in [0.1, 0.15) is 36.6 Å². The van der Waals surface area contributed by atoms with Gasteiger partial charge in [-0.05, 0) is 43.7 Å². The molecule has 2 heteroatoms. The highest BCUT2D eigenvalue weighted by atomic mass is 14.9. The fraction of sp³-hybridized carbons (Fsp3) is 0.438.